The number of benzene rings is 8. The molecule has 0 aliphatic rings. The van der Waals surface area contributed by atoms with Crippen LogP contribution in [-0.4, -0.2) is 137 Å². The van der Waals surface area contributed by atoms with Gasteiger partial charge in [0.25, 0.3) is 0 Å². The lowest BCUT2D eigenvalue weighted by molar-refractivity contribution is 0.261. The van der Waals surface area contributed by atoms with Crippen LogP contribution in [0.3, 0.4) is 0 Å². The highest BCUT2D eigenvalue weighted by Crippen LogP contribution is 2.23. The van der Waals surface area contributed by atoms with E-state index in [2.05, 4.69) is 42.5 Å². The van der Waals surface area contributed by atoms with Crippen LogP contribution in [0.15, 0.2) is 194 Å². The first-order valence-corrected chi connectivity index (χ1v) is 28.3. The van der Waals surface area contributed by atoms with Crippen molar-refractivity contribution < 1.29 is 19.2 Å². The average Bonchev–Trinajstić information content (AvgIpc) is 3.69. The number of anilines is 16. The third kappa shape index (κ3) is 23.4. The molecule has 0 radical (unpaired) electrons. The third-order valence-corrected chi connectivity index (χ3v) is 13.1. The van der Waals surface area contributed by atoms with Crippen LogP contribution in [0.25, 0.3) is 0 Å². The summed E-state index contributed by atoms with van der Waals surface area (Å²) >= 11 is 0. The third-order valence-electron chi connectivity index (χ3n) is 13.1. The maximum absolute atomic E-state index is 12.0. The van der Waals surface area contributed by atoms with Gasteiger partial charge in [-0.25, -0.2) is 19.2 Å². The Morgan fingerprint density at radius 1 is 0.170 bits per heavy atom. The minimum atomic E-state index is -0.254. The number of nitrogens with zero attached hydrogens (tertiary/aromatic N) is 8. The Hall–Kier alpha value is -10.8. The molecule has 0 aliphatic heterocycles. The first kappa shape index (κ1) is 68.0. The average molecular weight is 1190 g/mol. The van der Waals surface area contributed by atoms with Crippen LogP contribution in [0, 0.1) is 0 Å². The zero-order valence-corrected chi connectivity index (χ0v) is 53.7. The van der Waals surface area contributed by atoms with Crippen molar-refractivity contribution in [2.24, 2.45) is 0 Å². The summed E-state index contributed by atoms with van der Waals surface area (Å²) in [5.41, 5.74) is 14.8. The van der Waals surface area contributed by atoms with E-state index in [1.165, 1.54) is 0 Å². The van der Waals surface area contributed by atoms with E-state index in [0.29, 0.717) is 0 Å². The normalized spacial score (nSPS) is 10.0. The van der Waals surface area contributed by atoms with Gasteiger partial charge in [-0.2, -0.15) is 0 Å². The van der Waals surface area contributed by atoms with Crippen molar-refractivity contribution in [1.29, 1.82) is 0 Å². The predicted octanol–water partition coefficient (Wildman–Crippen LogP) is 13.9. The second kappa shape index (κ2) is 33.7. The molecule has 0 spiro atoms. The van der Waals surface area contributed by atoms with E-state index in [0.717, 1.165) is 91.0 Å². The van der Waals surface area contributed by atoms with Crippen LogP contribution in [0.2, 0.25) is 0 Å². The van der Waals surface area contributed by atoms with Gasteiger partial charge in [0.2, 0.25) is 0 Å². The molecule has 8 N–H and O–H groups in total. The summed E-state index contributed by atoms with van der Waals surface area (Å²) in [6.07, 6.45) is 0. The second-order valence-electron chi connectivity index (χ2n) is 21.8. The first-order chi connectivity index (χ1) is 41.8. The highest BCUT2D eigenvalue weighted by molar-refractivity contribution is 6.02. The highest BCUT2D eigenvalue weighted by atomic mass is 16.2. The van der Waals surface area contributed by atoms with Crippen molar-refractivity contribution in [3.05, 3.63) is 194 Å². The fourth-order valence-corrected chi connectivity index (χ4v) is 7.92. The lowest BCUT2D eigenvalue weighted by Crippen LogP contribution is -2.19. The van der Waals surface area contributed by atoms with E-state index >= 15 is 0 Å². The van der Waals surface area contributed by atoms with Gasteiger partial charge < -0.3 is 81.7 Å². The zero-order chi connectivity index (χ0) is 64.5. The van der Waals surface area contributed by atoms with Gasteiger partial charge in [0.1, 0.15) is 0 Å². The molecule has 0 saturated heterocycles. The molecular formula is C68H88N16O4. The maximum Gasteiger partial charge on any atom is 0.323 e. The summed E-state index contributed by atoms with van der Waals surface area (Å²) in [4.78, 5) is 64.0. The number of hydrogen-bond donors (Lipinski definition) is 8. The second-order valence-corrected chi connectivity index (χ2v) is 21.8. The van der Waals surface area contributed by atoms with Crippen molar-refractivity contribution in [2.75, 3.05) is 194 Å². The molecule has 0 atom stereocenters. The quantitative estimate of drug-likeness (QED) is 0.0458. The largest absolute Gasteiger partial charge is 0.378 e. The number of carbonyl (C=O) groups is 4. The Kier molecular flexibility index (Phi) is 26.0. The topological polar surface area (TPSA) is 190 Å². The summed E-state index contributed by atoms with van der Waals surface area (Å²) < 4.78 is 0. The predicted molar refractivity (Wildman–Crippen MR) is 377 cm³/mol. The lowest BCUT2D eigenvalue weighted by atomic mass is 10.2. The van der Waals surface area contributed by atoms with Crippen LogP contribution in [0.1, 0.15) is 0 Å². The van der Waals surface area contributed by atoms with Crippen molar-refractivity contribution in [3.63, 3.8) is 0 Å². The summed E-state index contributed by atoms with van der Waals surface area (Å²) in [7, 11) is 31.7. The van der Waals surface area contributed by atoms with Gasteiger partial charge in [0.05, 0.1) is 0 Å². The number of amides is 8. The molecule has 464 valence electrons. The van der Waals surface area contributed by atoms with E-state index in [-0.39, 0.29) is 24.1 Å². The Labute approximate surface area is 520 Å². The molecular weight excluding hydrogens is 1100 g/mol. The van der Waals surface area contributed by atoms with Crippen LogP contribution < -0.4 is 81.7 Å². The van der Waals surface area contributed by atoms with Gasteiger partial charge in [-0.15, -0.1) is 0 Å². The number of carbonyl (C=O) groups excluding carboxylic acids is 4. The van der Waals surface area contributed by atoms with Gasteiger partial charge >= 0.3 is 24.1 Å². The zero-order valence-electron chi connectivity index (χ0n) is 53.7. The molecule has 8 aromatic carbocycles. The lowest BCUT2D eigenvalue weighted by Gasteiger charge is -2.14. The standard InChI is InChI=1S/4C17H22N4O/c4*1-20(2)15-9-5-13(6-10-15)18-17(22)19-14-7-11-16(12-8-14)21(3)4/h4*5-12H,1-4H3,(H2,18,19,22). The molecule has 8 aromatic rings. The Morgan fingerprint density at radius 2 is 0.250 bits per heavy atom. The summed E-state index contributed by atoms with van der Waals surface area (Å²) in [5, 5.41) is 22.5. The van der Waals surface area contributed by atoms with Gasteiger partial charge in [-0.3, -0.25) is 0 Å². The molecule has 0 aliphatic carbocycles. The monoisotopic (exact) mass is 1190 g/mol. The Balaban J connectivity index is 0.000000214. The molecule has 0 bridgehead atoms. The maximum atomic E-state index is 12.0. The minimum Gasteiger partial charge on any atom is -0.378 e. The highest BCUT2D eigenvalue weighted by Gasteiger charge is 2.09. The van der Waals surface area contributed by atoms with Gasteiger partial charge in [-0.05, 0) is 194 Å². The molecule has 20 heteroatoms. The minimum absolute atomic E-state index is 0.254. The van der Waals surface area contributed by atoms with E-state index < -0.39 is 0 Å². The van der Waals surface area contributed by atoms with Crippen molar-refractivity contribution in [2.45, 2.75) is 0 Å². The van der Waals surface area contributed by atoms with Gasteiger partial charge in [0, 0.05) is 204 Å². The first-order valence-electron chi connectivity index (χ1n) is 28.3. The number of nitrogens with one attached hydrogen (secondary N) is 8. The molecule has 0 fully saturated rings. The molecule has 20 nitrogen and oxygen atoms in total. The number of rotatable bonds is 16. The van der Waals surface area contributed by atoms with Gasteiger partial charge in [-0.1, -0.05) is 0 Å². The summed E-state index contributed by atoms with van der Waals surface area (Å²) in [6.45, 7) is 0. The van der Waals surface area contributed by atoms with Crippen molar-refractivity contribution in [3.8, 4) is 0 Å². The molecule has 0 unspecified atom stereocenters. The van der Waals surface area contributed by atoms with Gasteiger partial charge in [0.15, 0.2) is 0 Å². The molecule has 0 aromatic heterocycles. The van der Waals surface area contributed by atoms with Crippen LogP contribution in [0.5, 0.6) is 0 Å². The Bertz CT molecular complexity index is 2710. The van der Waals surface area contributed by atoms with E-state index in [1.54, 1.807) is 0 Å². The number of urea groups is 4. The van der Waals surface area contributed by atoms with Crippen LogP contribution in [-0.2, 0) is 0 Å². The molecule has 8 rings (SSSR count). The van der Waals surface area contributed by atoms with E-state index in [4.69, 9.17) is 0 Å². The number of hydrogen-bond acceptors (Lipinski definition) is 12. The smallest absolute Gasteiger partial charge is 0.323 e. The Morgan fingerprint density at radius 3 is 0.318 bits per heavy atom. The van der Waals surface area contributed by atoms with E-state index in [9.17, 15) is 19.2 Å². The van der Waals surface area contributed by atoms with E-state index in [1.807, 2.05) is 346 Å². The summed E-state index contributed by atoms with van der Waals surface area (Å²) in [6, 6.07) is 60.4. The molecule has 0 saturated carbocycles. The SMILES string of the molecule is CN(C)c1ccc(NC(=O)Nc2ccc(N(C)C)cc2)cc1.CN(C)c1ccc(NC(=O)Nc2ccc(N(C)C)cc2)cc1.CN(C)c1ccc(NC(=O)Nc2ccc(N(C)C)cc2)cc1.CN(C)c1ccc(NC(=O)Nc2ccc(N(C)C)cc2)cc1. The van der Waals surface area contributed by atoms with Crippen LogP contribution >= 0.6 is 0 Å². The van der Waals surface area contributed by atoms with Crippen molar-refractivity contribution >= 4 is 115 Å². The molecule has 88 heavy (non-hydrogen) atoms. The fraction of sp³-hybridized carbons (Fsp3) is 0.235. The summed E-state index contributed by atoms with van der Waals surface area (Å²) in [5.74, 6) is 0. The fourth-order valence-electron chi connectivity index (χ4n) is 7.92. The molecule has 8 amide bonds. The van der Waals surface area contributed by atoms with Crippen LogP contribution in [0.4, 0.5) is 110 Å². The molecule has 0 heterocycles. The van der Waals surface area contributed by atoms with Crippen molar-refractivity contribution in [1.82, 2.24) is 0 Å².